The zero-order chi connectivity index (χ0) is 23.0. The first-order valence-corrected chi connectivity index (χ1v) is 9.82. The second kappa shape index (κ2) is 8.27. The monoisotopic (exact) mass is 450 g/mol. The van der Waals surface area contributed by atoms with Gasteiger partial charge >= 0.3 is 12.3 Å². The summed E-state index contributed by atoms with van der Waals surface area (Å²) in [6.45, 7) is 2.68. The lowest BCUT2D eigenvalue weighted by molar-refractivity contribution is -0.274. The lowest BCUT2D eigenvalue weighted by Gasteiger charge is -2.18. The van der Waals surface area contributed by atoms with Crippen molar-refractivity contribution in [2.45, 2.75) is 25.7 Å². The second-order valence-corrected chi connectivity index (χ2v) is 7.54. The molecule has 2 aromatic carbocycles. The molecule has 0 unspecified atom stereocenters. The maximum absolute atomic E-state index is 14.0. The topological polar surface area (TPSA) is 71.8 Å². The smallest absolute Gasteiger partial charge is 0.477 e. The zero-order valence-corrected chi connectivity index (χ0v) is 16.7. The molecule has 0 radical (unpaired) electrons. The molecule has 1 aromatic heterocycles. The molecule has 0 spiro atoms. The molecule has 10 heteroatoms. The Bertz CT molecular complexity index is 1230. The molecule has 3 aromatic rings. The largest absolute Gasteiger partial charge is 0.573 e. The highest BCUT2D eigenvalue weighted by Crippen LogP contribution is 2.32. The molecule has 168 valence electrons. The van der Waals surface area contributed by atoms with E-state index in [9.17, 15) is 32.3 Å². The third-order valence-corrected chi connectivity index (χ3v) is 5.30. The molecular weight excluding hydrogens is 432 g/mol. The number of hydrogen-bond donors (Lipinski definition) is 1. The van der Waals surface area contributed by atoms with Gasteiger partial charge in [0.1, 0.15) is 11.4 Å². The van der Waals surface area contributed by atoms with Crippen molar-refractivity contribution < 1.29 is 32.2 Å². The van der Waals surface area contributed by atoms with Crippen molar-refractivity contribution in [3.63, 3.8) is 0 Å². The van der Waals surface area contributed by atoms with E-state index in [2.05, 4.69) is 9.64 Å². The Morgan fingerprint density at radius 1 is 1.09 bits per heavy atom. The van der Waals surface area contributed by atoms with Crippen LogP contribution in [0.25, 0.3) is 16.6 Å². The molecule has 4 rings (SSSR count). The highest BCUT2D eigenvalue weighted by Gasteiger charge is 2.33. The highest BCUT2D eigenvalue weighted by molar-refractivity contribution is 5.95. The van der Waals surface area contributed by atoms with E-state index in [4.69, 9.17) is 0 Å². The molecule has 1 N–H and O–H groups in total. The number of aromatic carboxylic acids is 1. The molecule has 0 atom stereocenters. The summed E-state index contributed by atoms with van der Waals surface area (Å²) in [5.41, 5.74) is -0.937. The summed E-state index contributed by atoms with van der Waals surface area (Å²) >= 11 is 0. The first-order valence-electron chi connectivity index (χ1n) is 9.82. The summed E-state index contributed by atoms with van der Waals surface area (Å²) in [7, 11) is 0. The predicted molar refractivity (Wildman–Crippen MR) is 108 cm³/mol. The molecule has 1 aliphatic heterocycles. The maximum atomic E-state index is 14.0. The van der Waals surface area contributed by atoms with Crippen molar-refractivity contribution in [1.82, 2.24) is 9.47 Å². The first-order chi connectivity index (χ1) is 15.1. The number of carboxylic acid groups (broad SMARTS) is 1. The number of hydrogen-bond acceptors (Lipinski definition) is 4. The van der Waals surface area contributed by atoms with Gasteiger partial charge in [0.2, 0.25) is 5.43 Å². The Hall–Kier alpha value is -3.40. The van der Waals surface area contributed by atoms with Crippen LogP contribution in [0.1, 0.15) is 28.8 Å². The fourth-order valence-corrected chi connectivity index (χ4v) is 3.91. The van der Waals surface area contributed by atoms with Gasteiger partial charge in [-0.3, -0.25) is 9.69 Å². The van der Waals surface area contributed by atoms with E-state index in [-0.39, 0.29) is 5.52 Å². The maximum Gasteiger partial charge on any atom is 0.573 e. The molecule has 6 nitrogen and oxygen atoms in total. The van der Waals surface area contributed by atoms with E-state index >= 15 is 0 Å². The number of benzene rings is 2. The van der Waals surface area contributed by atoms with Crippen LogP contribution in [0.15, 0.2) is 47.4 Å². The molecule has 0 saturated carbocycles. The van der Waals surface area contributed by atoms with Crippen LogP contribution >= 0.6 is 0 Å². The number of ether oxygens (including phenoxy) is 1. The quantitative estimate of drug-likeness (QED) is 0.587. The van der Waals surface area contributed by atoms with Crippen LogP contribution in [0, 0.1) is 5.82 Å². The van der Waals surface area contributed by atoms with Crippen LogP contribution in [0.3, 0.4) is 0 Å². The third-order valence-electron chi connectivity index (χ3n) is 5.30. The molecule has 2 heterocycles. The Kier molecular flexibility index (Phi) is 5.64. The van der Waals surface area contributed by atoms with E-state index < -0.39 is 40.3 Å². The number of likely N-dealkylation sites (tertiary alicyclic amines) is 1. The normalized spacial score (nSPS) is 14.8. The van der Waals surface area contributed by atoms with Gasteiger partial charge in [-0.2, -0.15) is 0 Å². The number of carbonyl (C=O) groups is 1. The van der Waals surface area contributed by atoms with Gasteiger partial charge in [0.15, 0.2) is 5.75 Å². The van der Waals surface area contributed by atoms with Crippen LogP contribution in [-0.2, 0) is 6.54 Å². The second-order valence-electron chi connectivity index (χ2n) is 7.54. The average Bonchev–Trinajstić information content (AvgIpc) is 3.21. The average molecular weight is 450 g/mol. The van der Waals surface area contributed by atoms with Gasteiger partial charge in [-0.25, -0.2) is 9.18 Å². The number of aromatic nitrogens is 1. The van der Waals surface area contributed by atoms with Crippen molar-refractivity contribution in [3.8, 4) is 11.4 Å². The summed E-state index contributed by atoms with van der Waals surface area (Å²) in [6.07, 6.45) is -1.98. The van der Waals surface area contributed by atoms with Crippen molar-refractivity contribution in [1.29, 1.82) is 0 Å². The molecule has 1 fully saturated rings. The molecule has 32 heavy (non-hydrogen) atoms. The van der Waals surface area contributed by atoms with Crippen LogP contribution in [0.5, 0.6) is 5.75 Å². The van der Waals surface area contributed by atoms with Crippen LogP contribution in [0.4, 0.5) is 17.6 Å². The van der Waals surface area contributed by atoms with E-state index in [1.807, 2.05) is 0 Å². The van der Waals surface area contributed by atoms with Gasteiger partial charge in [-0.15, -0.1) is 13.2 Å². The molecule has 0 bridgehead atoms. The first kappa shape index (κ1) is 21.8. The molecule has 0 aliphatic carbocycles. The fourth-order valence-electron chi connectivity index (χ4n) is 3.91. The summed E-state index contributed by atoms with van der Waals surface area (Å²) in [4.78, 5) is 26.4. The summed E-state index contributed by atoms with van der Waals surface area (Å²) in [5, 5.41) is 8.86. The Balaban J connectivity index is 1.89. The van der Waals surface area contributed by atoms with Crippen LogP contribution in [-0.4, -0.2) is 40.0 Å². The van der Waals surface area contributed by atoms with Gasteiger partial charge in [-0.1, -0.05) is 12.1 Å². The Morgan fingerprint density at radius 3 is 2.34 bits per heavy atom. The zero-order valence-electron chi connectivity index (χ0n) is 16.7. The molecule has 0 amide bonds. The number of carboxylic acids is 1. The molecular formula is C22H18F4N2O4. The van der Waals surface area contributed by atoms with Crippen LogP contribution < -0.4 is 10.2 Å². The fraction of sp³-hybridized carbons (Fsp3) is 0.273. The highest BCUT2D eigenvalue weighted by atomic mass is 19.4. The number of pyridine rings is 1. The van der Waals surface area contributed by atoms with E-state index in [1.165, 1.54) is 0 Å². The van der Waals surface area contributed by atoms with Crippen molar-refractivity contribution >= 4 is 16.9 Å². The van der Waals surface area contributed by atoms with Crippen molar-refractivity contribution in [3.05, 3.63) is 69.8 Å². The summed E-state index contributed by atoms with van der Waals surface area (Å²) < 4.78 is 58.0. The van der Waals surface area contributed by atoms with Gasteiger partial charge < -0.3 is 14.4 Å². The minimum absolute atomic E-state index is 0.293. The van der Waals surface area contributed by atoms with E-state index in [0.717, 1.165) is 42.3 Å². The van der Waals surface area contributed by atoms with Gasteiger partial charge in [0, 0.05) is 24.5 Å². The lowest BCUT2D eigenvalue weighted by atomic mass is 10.1. The number of rotatable bonds is 5. The standard InChI is InChI=1S/C22H18F4N2O4/c23-14-9-16-19(18(10-14)32-22(24,25)26)28(12-17(20(16)29)21(30)31)15-5-3-13(4-6-15)11-27-7-1-2-8-27/h3-6,9-10,12H,1-2,7-8,11H2,(H,30,31). The predicted octanol–water partition coefficient (Wildman–Crippen LogP) is 4.32. The van der Waals surface area contributed by atoms with Gasteiger partial charge in [0.05, 0.1) is 10.9 Å². The minimum Gasteiger partial charge on any atom is -0.477 e. The van der Waals surface area contributed by atoms with Crippen LogP contribution in [0.2, 0.25) is 0 Å². The van der Waals surface area contributed by atoms with E-state index in [0.29, 0.717) is 24.4 Å². The summed E-state index contributed by atoms with van der Waals surface area (Å²) in [6, 6.07) is 7.95. The number of halogens is 4. The molecule has 1 saturated heterocycles. The van der Waals surface area contributed by atoms with Crippen molar-refractivity contribution in [2.75, 3.05) is 13.1 Å². The minimum atomic E-state index is -5.15. The lowest BCUT2D eigenvalue weighted by Crippen LogP contribution is -2.22. The summed E-state index contributed by atoms with van der Waals surface area (Å²) in [5.74, 6) is -3.69. The van der Waals surface area contributed by atoms with Gasteiger partial charge in [0.25, 0.3) is 0 Å². The SMILES string of the molecule is O=C(O)c1cn(-c2ccc(CN3CCCC3)cc2)c2c(OC(F)(F)F)cc(F)cc2c1=O. The molecule has 1 aliphatic rings. The Labute approximate surface area is 179 Å². The number of nitrogens with zero attached hydrogens (tertiary/aromatic N) is 2. The number of fused-ring (bicyclic) bond motifs is 1. The van der Waals surface area contributed by atoms with Gasteiger partial charge in [-0.05, 0) is 49.7 Å². The van der Waals surface area contributed by atoms with E-state index in [1.54, 1.807) is 24.3 Å². The number of alkyl halides is 3. The Morgan fingerprint density at radius 2 is 1.75 bits per heavy atom. The third kappa shape index (κ3) is 4.45. The van der Waals surface area contributed by atoms with Crippen molar-refractivity contribution in [2.24, 2.45) is 0 Å².